The van der Waals surface area contributed by atoms with Crippen LogP contribution in [0.2, 0.25) is 5.02 Å². The van der Waals surface area contributed by atoms with E-state index in [-0.39, 0.29) is 21.6 Å². The summed E-state index contributed by atoms with van der Waals surface area (Å²) in [6.45, 7) is -0.448. The highest BCUT2D eigenvalue weighted by atomic mass is 79.9. The van der Waals surface area contributed by atoms with Gasteiger partial charge in [0.05, 0.1) is 15.5 Å². The summed E-state index contributed by atoms with van der Waals surface area (Å²) in [7, 11) is -4.26. The Bertz CT molecular complexity index is 1030. The Balaban J connectivity index is 2.02. The van der Waals surface area contributed by atoms with Crippen LogP contribution in [0.5, 0.6) is 0 Å². The molecule has 11 heteroatoms. The Morgan fingerprint density at radius 2 is 1.89 bits per heavy atom. The standard InChI is InChI=1S/C17H15BrClN3O5S/c18-11-1-5-13(6-2-11)21(10-17(23)20-12-3-4-12)28(26,27)14-7-8-15(19)16(9-14)22(24)25/h1-2,5-9,12H,3-4,10H2,(H,20,23). The molecule has 2 aromatic carbocycles. The van der Waals surface area contributed by atoms with Crippen LogP contribution in [0.1, 0.15) is 12.8 Å². The van der Waals surface area contributed by atoms with Crippen LogP contribution in [0.25, 0.3) is 0 Å². The average molecular weight is 489 g/mol. The number of rotatable bonds is 7. The first-order valence-corrected chi connectivity index (χ1v) is 10.8. The number of hydrogen-bond acceptors (Lipinski definition) is 5. The van der Waals surface area contributed by atoms with Crippen LogP contribution in [0.15, 0.2) is 51.8 Å². The molecule has 1 aliphatic carbocycles. The van der Waals surface area contributed by atoms with Crippen molar-refractivity contribution in [3.05, 3.63) is 62.1 Å². The van der Waals surface area contributed by atoms with Crippen molar-refractivity contribution in [1.29, 1.82) is 0 Å². The van der Waals surface area contributed by atoms with Crippen molar-refractivity contribution >= 4 is 54.8 Å². The second kappa shape index (κ2) is 8.06. The Kier molecular flexibility index (Phi) is 5.92. The molecule has 0 saturated heterocycles. The lowest BCUT2D eigenvalue weighted by atomic mass is 10.3. The fourth-order valence-electron chi connectivity index (χ4n) is 2.47. The molecule has 1 fully saturated rings. The summed E-state index contributed by atoms with van der Waals surface area (Å²) in [6.07, 6.45) is 1.72. The van der Waals surface area contributed by atoms with E-state index in [0.29, 0.717) is 0 Å². The number of hydrogen-bond donors (Lipinski definition) is 1. The van der Waals surface area contributed by atoms with E-state index in [9.17, 15) is 23.3 Å². The molecule has 2 aromatic rings. The van der Waals surface area contributed by atoms with E-state index in [1.54, 1.807) is 12.1 Å². The van der Waals surface area contributed by atoms with Gasteiger partial charge in [-0.15, -0.1) is 0 Å². The highest BCUT2D eigenvalue weighted by Gasteiger charge is 2.31. The lowest BCUT2D eigenvalue weighted by Gasteiger charge is -2.24. The van der Waals surface area contributed by atoms with Crippen molar-refractivity contribution in [3.63, 3.8) is 0 Å². The first-order valence-electron chi connectivity index (χ1n) is 8.20. The van der Waals surface area contributed by atoms with E-state index in [4.69, 9.17) is 11.6 Å². The molecule has 0 heterocycles. The van der Waals surface area contributed by atoms with Gasteiger partial charge >= 0.3 is 0 Å². The van der Waals surface area contributed by atoms with Gasteiger partial charge in [0.25, 0.3) is 15.7 Å². The maximum Gasteiger partial charge on any atom is 0.289 e. The number of benzene rings is 2. The van der Waals surface area contributed by atoms with Crippen molar-refractivity contribution in [3.8, 4) is 0 Å². The second-order valence-corrected chi connectivity index (χ2v) is 9.39. The van der Waals surface area contributed by atoms with Crippen LogP contribution in [-0.2, 0) is 14.8 Å². The topological polar surface area (TPSA) is 110 Å². The van der Waals surface area contributed by atoms with Crippen molar-refractivity contribution < 1.29 is 18.1 Å². The van der Waals surface area contributed by atoms with Gasteiger partial charge in [0, 0.05) is 16.6 Å². The van der Waals surface area contributed by atoms with Crippen LogP contribution in [0.4, 0.5) is 11.4 Å². The van der Waals surface area contributed by atoms with Crippen LogP contribution in [0.3, 0.4) is 0 Å². The maximum absolute atomic E-state index is 13.2. The van der Waals surface area contributed by atoms with Crippen LogP contribution in [-0.4, -0.2) is 31.8 Å². The summed E-state index contributed by atoms with van der Waals surface area (Å²) in [4.78, 5) is 22.3. The molecule has 28 heavy (non-hydrogen) atoms. The van der Waals surface area contributed by atoms with E-state index < -0.39 is 33.1 Å². The summed E-state index contributed by atoms with van der Waals surface area (Å²) >= 11 is 9.06. The maximum atomic E-state index is 13.2. The molecule has 0 bridgehead atoms. The van der Waals surface area contributed by atoms with Gasteiger partial charge in [0.15, 0.2) is 0 Å². The quantitative estimate of drug-likeness (QED) is 0.474. The molecule has 1 aliphatic rings. The highest BCUT2D eigenvalue weighted by Crippen LogP contribution is 2.31. The second-order valence-electron chi connectivity index (χ2n) is 6.20. The van der Waals surface area contributed by atoms with Crippen LogP contribution in [0, 0.1) is 10.1 Å². The normalized spacial score (nSPS) is 13.8. The largest absolute Gasteiger partial charge is 0.352 e. The number of carbonyl (C=O) groups excluding carboxylic acids is 1. The number of anilines is 1. The first kappa shape index (κ1) is 20.6. The summed E-state index contributed by atoms with van der Waals surface area (Å²) in [6, 6.07) is 9.64. The number of nitro groups is 1. The van der Waals surface area contributed by atoms with Crippen LogP contribution < -0.4 is 9.62 Å². The lowest BCUT2D eigenvalue weighted by molar-refractivity contribution is -0.384. The van der Waals surface area contributed by atoms with Gasteiger partial charge in [0.1, 0.15) is 11.6 Å². The van der Waals surface area contributed by atoms with Gasteiger partial charge < -0.3 is 5.32 Å². The van der Waals surface area contributed by atoms with E-state index >= 15 is 0 Å². The van der Waals surface area contributed by atoms with Gasteiger partial charge in [-0.1, -0.05) is 27.5 Å². The molecule has 0 spiro atoms. The number of nitro benzene ring substituents is 1. The monoisotopic (exact) mass is 487 g/mol. The van der Waals surface area contributed by atoms with Crippen molar-refractivity contribution in [2.45, 2.75) is 23.8 Å². The zero-order chi connectivity index (χ0) is 20.5. The summed E-state index contributed by atoms with van der Waals surface area (Å²) in [5.41, 5.74) is -0.271. The Hall–Kier alpha value is -2.17. The molecular formula is C17H15BrClN3O5S. The van der Waals surface area contributed by atoms with E-state index in [2.05, 4.69) is 21.2 Å². The number of nitrogens with zero attached hydrogens (tertiary/aromatic N) is 2. The first-order chi connectivity index (χ1) is 13.2. The van der Waals surface area contributed by atoms with Crippen molar-refractivity contribution in [2.75, 3.05) is 10.8 Å². The minimum absolute atomic E-state index is 0.0681. The van der Waals surface area contributed by atoms with E-state index in [1.807, 2.05) is 0 Å². The highest BCUT2D eigenvalue weighted by molar-refractivity contribution is 9.10. The third-order valence-electron chi connectivity index (χ3n) is 4.05. The summed E-state index contributed by atoms with van der Waals surface area (Å²) < 4.78 is 28.1. The molecule has 148 valence electrons. The Labute approximate surface area is 174 Å². The summed E-state index contributed by atoms with van der Waals surface area (Å²) in [5.74, 6) is -0.447. The van der Waals surface area contributed by atoms with Gasteiger partial charge in [-0.25, -0.2) is 8.42 Å². The molecule has 0 atom stereocenters. The van der Waals surface area contributed by atoms with Crippen LogP contribution >= 0.6 is 27.5 Å². The van der Waals surface area contributed by atoms with Gasteiger partial charge in [0.2, 0.25) is 5.91 Å². The number of nitrogens with one attached hydrogen (secondary N) is 1. The molecular weight excluding hydrogens is 474 g/mol. The number of sulfonamides is 1. The third-order valence-corrected chi connectivity index (χ3v) is 6.66. The minimum atomic E-state index is -4.26. The fraction of sp³-hybridized carbons (Fsp3) is 0.235. The van der Waals surface area contributed by atoms with E-state index in [0.717, 1.165) is 33.8 Å². The predicted octanol–water partition coefficient (Wildman–Crippen LogP) is 3.48. The Morgan fingerprint density at radius 1 is 1.25 bits per heavy atom. The number of halogens is 2. The molecule has 8 nitrogen and oxygen atoms in total. The Morgan fingerprint density at radius 3 is 2.46 bits per heavy atom. The number of carbonyl (C=O) groups is 1. The lowest BCUT2D eigenvalue weighted by Crippen LogP contribution is -2.41. The van der Waals surface area contributed by atoms with E-state index in [1.165, 1.54) is 18.2 Å². The summed E-state index contributed by atoms with van der Waals surface area (Å²) in [5, 5.41) is 13.7. The molecule has 1 amide bonds. The smallest absolute Gasteiger partial charge is 0.289 e. The van der Waals surface area contributed by atoms with Crippen molar-refractivity contribution in [1.82, 2.24) is 5.32 Å². The third kappa shape index (κ3) is 4.62. The van der Waals surface area contributed by atoms with Crippen molar-refractivity contribution in [2.24, 2.45) is 0 Å². The minimum Gasteiger partial charge on any atom is -0.352 e. The molecule has 0 radical (unpaired) electrons. The molecule has 3 rings (SSSR count). The molecule has 0 aromatic heterocycles. The zero-order valence-electron chi connectivity index (χ0n) is 14.3. The average Bonchev–Trinajstić information content (AvgIpc) is 3.44. The van der Waals surface area contributed by atoms with Gasteiger partial charge in [-0.05, 0) is 49.2 Å². The molecule has 1 N–H and O–H groups in total. The number of amides is 1. The van der Waals surface area contributed by atoms with Gasteiger partial charge in [-0.2, -0.15) is 0 Å². The zero-order valence-corrected chi connectivity index (χ0v) is 17.5. The fourth-order valence-corrected chi connectivity index (χ4v) is 4.37. The molecule has 0 aliphatic heterocycles. The molecule has 1 saturated carbocycles. The predicted molar refractivity (Wildman–Crippen MR) is 108 cm³/mol. The molecule has 0 unspecified atom stereocenters. The SMILES string of the molecule is O=C(CN(c1ccc(Br)cc1)S(=O)(=O)c1ccc(Cl)c([N+](=O)[O-])c1)NC1CC1. The van der Waals surface area contributed by atoms with Gasteiger partial charge in [-0.3, -0.25) is 19.2 Å².